The first-order valence-electron chi connectivity index (χ1n) is 8.83. The van der Waals surface area contributed by atoms with E-state index in [0.717, 1.165) is 5.56 Å². The van der Waals surface area contributed by atoms with E-state index in [2.05, 4.69) is 16.0 Å². The van der Waals surface area contributed by atoms with Crippen LogP contribution in [-0.4, -0.2) is 21.6 Å². The van der Waals surface area contributed by atoms with Crippen LogP contribution in [0.2, 0.25) is 5.02 Å². The van der Waals surface area contributed by atoms with Gasteiger partial charge in [-0.1, -0.05) is 48.0 Å². The fourth-order valence-corrected chi connectivity index (χ4v) is 3.04. The predicted molar refractivity (Wildman–Crippen MR) is 107 cm³/mol. The van der Waals surface area contributed by atoms with Gasteiger partial charge in [0.2, 0.25) is 5.91 Å². The van der Waals surface area contributed by atoms with E-state index in [1.54, 1.807) is 37.3 Å². The summed E-state index contributed by atoms with van der Waals surface area (Å²) in [4.78, 5) is 36.9. The third-order valence-corrected chi connectivity index (χ3v) is 4.65. The molecule has 0 aliphatic carbocycles. The molecule has 28 heavy (non-hydrogen) atoms. The van der Waals surface area contributed by atoms with Crippen LogP contribution in [0.25, 0.3) is 10.8 Å². The zero-order valence-electron chi connectivity index (χ0n) is 15.2. The molecule has 0 unspecified atom stereocenters. The Morgan fingerprint density at radius 2 is 1.71 bits per heavy atom. The summed E-state index contributed by atoms with van der Waals surface area (Å²) >= 11 is 6.07. The number of carbonyl (C=O) groups excluding carboxylic acids is 2. The molecule has 2 N–H and O–H groups in total. The molecule has 8 heteroatoms. The van der Waals surface area contributed by atoms with E-state index in [1.165, 1.54) is 4.68 Å². The second kappa shape index (κ2) is 8.67. The highest BCUT2D eigenvalue weighted by Crippen LogP contribution is 2.16. The summed E-state index contributed by atoms with van der Waals surface area (Å²) in [6.45, 7) is 2.09. The van der Waals surface area contributed by atoms with Crippen LogP contribution in [0.15, 0.2) is 53.3 Å². The molecule has 0 bridgehead atoms. The molecule has 0 fully saturated rings. The summed E-state index contributed by atoms with van der Waals surface area (Å²) in [5, 5.41) is 5.55. The Labute approximate surface area is 166 Å². The minimum atomic E-state index is -0.593. The fraction of sp³-hybridized carbons (Fsp3) is 0.200. The Bertz CT molecular complexity index is 1090. The molecule has 3 aromatic rings. The van der Waals surface area contributed by atoms with Crippen molar-refractivity contribution in [3.63, 3.8) is 0 Å². The maximum absolute atomic E-state index is 12.5. The van der Waals surface area contributed by atoms with Crippen molar-refractivity contribution in [2.75, 3.05) is 0 Å². The molecule has 0 aliphatic heterocycles. The summed E-state index contributed by atoms with van der Waals surface area (Å²) in [7, 11) is 0. The number of hydrogen-bond donors (Lipinski definition) is 2. The Morgan fingerprint density at radius 1 is 1.04 bits per heavy atom. The molecule has 0 radical (unpaired) electrons. The van der Waals surface area contributed by atoms with Gasteiger partial charge >= 0.3 is 0 Å². The Morgan fingerprint density at radius 3 is 2.43 bits per heavy atom. The van der Waals surface area contributed by atoms with Crippen LogP contribution in [0.5, 0.6) is 0 Å². The Kier molecular flexibility index (Phi) is 6.06. The lowest BCUT2D eigenvalue weighted by Crippen LogP contribution is -2.42. The summed E-state index contributed by atoms with van der Waals surface area (Å²) in [6, 6.07) is 14.0. The van der Waals surface area contributed by atoms with Gasteiger partial charge in [-0.2, -0.15) is 5.10 Å². The van der Waals surface area contributed by atoms with Crippen LogP contribution in [0.3, 0.4) is 0 Å². The molecule has 3 rings (SSSR count). The summed E-state index contributed by atoms with van der Waals surface area (Å²) in [6.07, 6.45) is 0.607. The van der Waals surface area contributed by atoms with Crippen molar-refractivity contribution in [3.8, 4) is 0 Å². The summed E-state index contributed by atoms with van der Waals surface area (Å²) in [5.74, 6) is -0.953. The minimum absolute atomic E-state index is 0.0726. The summed E-state index contributed by atoms with van der Waals surface area (Å²) < 4.78 is 1.22. The molecular weight excluding hydrogens is 380 g/mol. The smallest absolute Gasteiger partial charge is 0.273 e. The lowest BCUT2D eigenvalue weighted by molar-refractivity contribution is -0.121. The van der Waals surface area contributed by atoms with Crippen molar-refractivity contribution in [1.82, 2.24) is 20.6 Å². The Hall–Kier alpha value is -3.19. The van der Waals surface area contributed by atoms with Crippen LogP contribution < -0.4 is 16.4 Å². The first-order valence-corrected chi connectivity index (χ1v) is 9.21. The van der Waals surface area contributed by atoms with E-state index in [-0.39, 0.29) is 23.6 Å². The third-order valence-electron chi connectivity index (χ3n) is 4.28. The van der Waals surface area contributed by atoms with Gasteiger partial charge < -0.3 is 0 Å². The highest BCUT2D eigenvalue weighted by molar-refractivity contribution is 6.31. The van der Waals surface area contributed by atoms with Crippen molar-refractivity contribution in [2.24, 2.45) is 0 Å². The maximum atomic E-state index is 12.5. The molecule has 144 valence electrons. The van der Waals surface area contributed by atoms with Crippen LogP contribution in [0.1, 0.15) is 29.4 Å². The number of aromatic nitrogens is 2. The fourth-order valence-electron chi connectivity index (χ4n) is 2.81. The van der Waals surface area contributed by atoms with Crippen molar-refractivity contribution in [2.45, 2.75) is 26.3 Å². The number of aryl methyl sites for hydroxylation is 2. The molecule has 0 saturated carbocycles. The predicted octanol–water partition coefficient (Wildman–Crippen LogP) is 2.46. The normalized spacial score (nSPS) is 10.6. The van der Waals surface area contributed by atoms with E-state index >= 15 is 0 Å². The van der Waals surface area contributed by atoms with Gasteiger partial charge in [-0.25, -0.2) is 4.68 Å². The van der Waals surface area contributed by atoms with Crippen molar-refractivity contribution < 1.29 is 9.59 Å². The topological polar surface area (TPSA) is 93.1 Å². The number of carbonyl (C=O) groups is 2. The second-order valence-corrected chi connectivity index (χ2v) is 6.52. The minimum Gasteiger partial charge on any atom is -0.273 e. The molecule has 2 amide bonds. The monoisotopic (exact) mass is 398 g/mol. The molecule has 1 heterocycles. The van der Waals surface area contributed by atoms with E-state index in [0.29, 0.717) is 28.8 Å². The molecule has 0 aliphatic rings. The van der Waals surface area contributed by atoms with Crippen LogP contribution in [0.4, 0.5) is 0 Å². The highest BCUT2D eigenvalue weighted by Gasteiger charge is 2.16. The number of hydrazine groups is 1. The maximum Gasteiger partial charge on any atom is 0.290 e. The number of hydrogen-bond acceptors (Lipinski definition) is 4. The van der Waals surface area contributed by atoms with Gasteiger partial charge in [0.05, 0.1) is 5.39 Å². The number of nitrogens with one attached hydrogen (secondary N) is 2. The SMILES string of the molecule is CCn1nc(C(=O)NNC(=O)CCc2ccccc2Cl)c2ccccc2c1=O. The van der Waals surface area contributed by atoms with Crippen LogP contribution in [-0.2, 0) is 17.8 Å². The number of benzene rings is 2. The van der Waals surface area contributed by atoms with Crippen LogP contribution in [0, 0.1) is 0 Å². The number of amides is 2. The number of nitrogens with zero attached hydrogens (tertiary/aromatic N) is 2. The zero-order chi connectivity index (χ0) is 20.1. The number of halogens is 1. The molecule has 0 spiro atoms. The summed E-state index contributed by atoms with van der Waals surface area (Å²) in [5.41, 5.74) is 5.40. The van der Waals surface area contributed by atoms with Gasteiger partial charge in [0, 0.05) is 23.4 Å². The lowest BCUT2D eigenvalue weighted by atomic mass is 10.1. The van der Waals surface area contributed by atoms with Gasteiger partial charge in [-0.3, -0.25) is 25.2 Å². The first-order chi connectivity index (χ1) is 13.5. The largest absolute Gasteiger partial charge is 0.290 e. The van der Waals surface area contributed by atoms with Crippen LogP contribution >= 0.6 is 11.6 Å². The van der Waals surface area contributed by atoms with Gasteiger partial charge in [-0.15, -0.1) is 0 Å². The molecular formula is C20H19ClN4O3. The van der Waals surface area contributed by atoms with Crippen molar-refractivity contribution in [1.29, 1.82) is 0 Å². The zero-order valence-corrected chi connectivity index (χ0v) is 16.0. The van der Waals surface area contributed by atoms with E-state index in [1.807, 2.05) is 18.2 Å². The van der Waals surface area contributed by atoms with E-state index in [4.69, 9.17) is 11.6 Å². The Balaban J connectivity index is 1.70. The van der Waals surface area contributed by atoms with Gasteiger partial charge in [-0.05, 0) is 31.0 Å². The average molecular weight is 399 g/mol. The lowest BCUT2D eigenvalue weighted by Gasteiger charge is -2.11. The molecule has 7 nitrogen and oxygen atoms in total. The quantitative estimate of drug-likeness (QED) is 0.645. The standard InChI is InChI=1S/C20H19ClN4O3/c1-2-25-20(28)15-9-5-4-8-14(15)18(24-25)19(27)23-22-17(26)12-11-13-7-3-6-10-16(13)21/h3-10H,2,11-12H2,1H3,(H,22,26)(H,23,27). The van der Waals surface area contributed by atoms with E-state index < -0.39 is 5.91 Å². The number of rotatable bonds is 5. The number of fused-ring (bicyclic) bond motifs is 1. The second-order valence-electron chi connectivity index (χ2n) is 6.11. The van der Waals surface area contributed by atoms with Gasteiger partial charge in [0.15, 0.2) is 5.69 Å². The molecule has 0 atom stereocenters. The van der Waals surface area contributed by atoms with Gasteiger partial charge in [0.25, 0.3) is 11.5 Å². The average Bonchev–Trinajstić information content (AvgIpc) is 2.72. The van der Waals surface area contributed by atoms with E-state index in [9.17, 15) is 14.4 Å². The van der Waals surface area contributed by atoms with Crippen molar-refractivity contribution in [3.05, 3.63) is 75.2 Å². The first kappa shape index (κ1) is 19.6. The third kappa shape index (κ3) is 4.20. The van der Waals surface area contributed by atoms with Gasteiger partial charge in [0.1, 0.15) is 0 Å². The highest BCUT2D eigenvalue weighted by atomic mass is 35.5. The molecule has 2 aromatic carbocycles. The molecule has 0 saturated heterocycles. The molecule has 1 aromatic heterocycles. The van der Waals surface area contributed by atoms with Crippen molar-refractivity contribution >= 4 is 34.2 Å².